The summed E-state index contributed by atoms with van der Waals surface area (Å²) in [6, 6.07) is 22.6. The number of aliphatic hydroxyl groups excluding tert-OH is 1. The minimum Gasteiger partial charge on any atom is -0.396 e. The molecular formula is C33H37N3O4S. The zero-order chi connectivity index (χ0) is 28.6. The topological polar surface area (TPSA) is 98.7 Å². The number of carbonyl (C=O) groups is 3. The number of amides is 3. The van der Waals surface area contributed by atoms with Gasteiger partial charge in [-0.15, -0.1) is 11.8 Å². The maximum absolute atomic E-state index is 14.3. The number of benzene rings is 3. The Bertz CT molecular complexity index is 1470. The molecule has 7 nitrogen and oxygen atoms in total. The van der Waals surface area contributed by atoms with E-state index in [4.69, 9.17) is 0 Å². The van der Waals surface area contributed by atoms with Gasteiger partial charge in [-0.3, -0.25) is 14.4 Å². The van der Waals surface area contributed by atoms with E-state index in [-0.39, 0.29) is 24.3 Å². The highest BCUT2D eigenvalue weighted by atomic mass is 32.2. The van der Waals surface area contributed by atoms with Crippen molar-refractivity contribution in [2.24, 2.45) is 11.8 Å². The number of likely N-dealkylation sites (tertiary alicyclic amines) is 1. The van der Waals surface area contributed by atoms with Crippen LogP contribution in [0, 0.1) is 11.8 Å². The number of nitrogens with one attached hydrogen (secondary N) is 2. The predicted molar refractivity (Wildman–Crippen MR) is 164 cm³/mol. The van der Waals surface area contributed by atoms with Crippen molar-refractivity contribution in [3.05, 3.63) is 72.8 Å². The molecular weight excluding hydrogens is 534 g/mol. The molecule has 6 rings (SSSR count). The number of unbranched alkanes of at least 4 members (excludes halogenated alkanes) is 3. The van der Waals surface area contributed by atoms with Gasteiger partial charge in [0.2, 0.25) is 17.7 Å². The first kappa shape index (κ1) is 27.8. The summed E-state index contributed by atoms with van der Waals surface area (Å²) in [5, 5.41) is 17.5. The average Bonchev–Trinajstić information content (AvgIpc) is 3.54. The number of nitrogens with zero attached hydrogens (tertiary/aromatic N) is 1. The standard InChI is InChI=1S/C33H37N3O4S/c1-32-17-18-33(41-32)27(26(32)29(38)34-24-13-5-4-6-14-24)31(40)36(19-9-2-3-10-20-37)28(33)30(39)35-25-16-15-22-11-7-8-12-23(22)21-25/h4-8,11-16,21,26-28,37H,2-3,9-10,17-20H2,1H3,(H,34,38)(H,35,39)/t26-,27+,28?,32+,33?/m1/s1. The number of hydrogen-bond donors (Lipinski definition) is 3. The molecule has 0 saturated carbocycles. The summed E-state index contributed by atoms with van der Waals surface area (Å²) in [6.45, 7) is 2.70. The maximum atomic E-state index is 14.3. The van der Waals surface area contributed by atoms with Crippen LogP contribution in [-0.4, -0.2) is 56.4 Å². The number of carbonyl (C=O) groups excluding carboxylic acids is 3. The van der Waals surface area contributed by atoms with Gasteiger partial charge in [-0.2, -0.15) is 0 Å². The fourth-order valence-corrected chi connectivity index (χ4v) is 9.69. The number of rotatable bonds is 10. The third kappa shape index (κ3) is 4.91. The summed E-state index contributed by atoms with van der Waals surface area (Å²) in [6.07, 6.45) is 4.70. The van der Waals surface area contributed by atoms with Crippen LogP contribution < -0.4 is 10.6 Å². The van der Waals surface area contributed by atoms with Crippen molar-refractivity contribution in [3.8, 4) is 0 Å². The zero-order valence-corrected chi connectivity index (χ0v) is 24.2. The molecule has 3 heterocycles. The fourth-order valence-electron chi connectivity index (χ4n) is 7.33. The Morgan fingerprint density at radius 1 is 0.878 bits per heavy atom. The molecule has 3 aliphatic rings. The van der Waals surface area contributed by atoms with E-state index in [0.717, 1.165) is 49.3 Å². The summed E-state index contributed by atoms with van der Waals surface area (Å²) in [4.78, 5) is 44.0. The van der Waals surface area contributed by atoms with E-state index < -0.39 is 27.4 Å². The molecule has 0 aliphatic carbocycles. The van der Waals surface area contributed by atoms with Crippen LogP contribution in [0.3, 0.4) is 0 Å². The Hall–Kier alpha value is -3.36. The molecule has 2 unspecified atom stereocenters. The lowest BCUT2D eigenvalue weighted by Gasteiger charge is -2.34. The smallest absolute Gasteiger partial charge is 0.248 e. The van der Waals surface area contributed by atoms with Gasteiger partial charge in [-0.05, 0) is 67.6 Å². The molecule has 3 N–H and O–H groups in total. The minimum atomic E-state index is -0.661. The highest BCUT2D eigenvalue weighted by Crippen LogP contribution is 2.71. The molecule has 214 valence electrons. The third-order valence-corrected chi connectivity index (χ3v) is 11.2. The van der Waals surface area contributed by atoms with E-state index in [9.17, 15) is 19.5 Å². The summed E-state index contributed by atoms with van der Waals surface area (Å²) in [5.74, 6) is -1.50. The van der Waals surface area contributed by atoms with Gasteiger partial charge in [0.1, 0.15) is 6.04 Å². The Kier molecular flexibility index (Phi) is 7.55. The number of anilines is 2. The second kappa shape index (κ2) is 11.1. The lowest BCUT2D eigenvalue weighted by Crippen LogP contribution is -2.51. The van der Waals surface area contributed by atoms with E-state index in [1.165, 1.54) is 0 Å². The summed E-state index contributed by atoms with van der Waals surface area (Å²) < 4.78 is -1.08. The largest absolute Gasteiger partial charge is 0.396 e. The molecule has 3 aromatic rings. The molecule has 8 heteroatoms. The van der Waals surface area contributed by atoms with Crippen LogP contribution in [0.5, 0.6) is 0 Å². The molecule has 3 fully saturated rings. The number of aliphatic hydroxyl groups is 1. The molecule has 41 heavy (non-hydrogen) atoms. The van der Waals surface area contributed by atoms with Crippen molar-refractivity contribution in [2.45, 2.75) is 61.0 Å². The highest BCUT2D eigenvalue weighted by Gasteiger charge is 2.77. The third-order valence-electron chi connectivity index (χ3n) is 9.17. The van der Waals surface area contributed by atoms with Crippen molar-refractivity contribution in [1.29, 1.82) is 0 Å². The molecule has 3 aromatic carbocycles. The van der Waals surface area contributed by atoms with Crippen LogP contribution in [0.25, 0.3) is 10.8 Å². The van der Waals surface area contributed by atoms with Gasteiger partial charge in [0, 0.05) is 29.3 Å². The second-order valence-electron chi connectivity index (χ2n) is 11.8. The predicted octanol–water partition coefficient (Wildman–Crippen LogP) is 5.45. The molecule has 5 atom stereocenters. The maximum Gasteiger partial charge on any atom is 0.248 e. The van der Waals surface area contributed by atoms with Crippen molar-refractivity contribution in [2.75, 3.05) is 23.8 Å². The summed E-state index contributed by atoms with van der Waals surface area (Å²) in [5.41, 5.74) is 1.41. The summed E-state index contributed by atoms with van der Waals surface area (Å²) >= 11 is 1.69. The first-order valence-corrected chi connectivity index (χ1v) is 15.4. The number of thioether (sulfide) groups is 1. The lowest BCUT2D eigenvalue weighted by atomic mass is 9.66. The van der Waals surface area contributed by atoms with Gasteiger partial charge in [-0.1, -0.05) is 61.4 Å². The zero-order valence-electron chi connectivity index (χ0n) is 23.3. The first-order valence-electron chi connectivity index (χ1n) is 14.6. The highest BCUT2D eigenvalue weighted by molar-refractivity contribution is 8.02. The average molecular weight is 572 g/mol. The van der Waals surface area contributed by atoms with Crippen molar-refractivity contribution in [3.63, 3.8) is 0 Å². The van der Waals surface area contributed by atoms with Crippen LogP contribution in [-0.2, 0) is 14.4 Å². The Morgan fingerprint density at radius 3 is 2.37 bits per heavy atom. The van der Waals surface area contributed by atoms with Crippen molar-refractivity contribution >= 4 is 51.6 Å². The van der Waals surface area contributed by atoms with Crippen molar-refractivity contribution < 1.29 is 19.5 Å². The van der Waals surface area contributed by atoms with Gasteiger partial charge in [0.05, 0.1) is 16.6 Å². The molecule has 3 aliphatic heterocycles. The van der Waals surface area contributed by atoms with Crippen LogP contribution in [0.1, 0.15) is 45.4 Å². The van der Waals surface area contributed by atoms with Gasteiger partial charge in [0.15, 0.2) is 0 Å². The van der Waals surface area contributed by atoms with Crippen LogP contribution in [0.2, 0.25) is 0 Å². The quantitative estimate of drug-likeness (QED) is 0.281. The fraction of sp³-hybridized carbons (Fsp3) is 0.424. The number of hydrogen-bond acceptors (Lipinski definition) is 5. The van der Waals surface area contributed by atoms with Crippen LogP contribution in [0.15, 0.2) is 72.8 Å². The van der Waals surface area contributed by atoms with Crippen LogP contribution >= 0.6 is 11.8 Å². The number of fused-ring (bicyclic) bond motifs is 2. The lowest BCUT2D eigenvalue weighted by molar-refractivity contribution is -0.139. The normalized spacial score (nSPS) is 28.2. The molecule has 2 bridgehead atoms. The first-order chi connectivity index (χ1) is 19.9. The monoisotopic (exact) mass is 571 g/mol. The second-order valence-corrected chi connectivity index (χ2v) is 13.7. The summed E-state index contributed by atoms with van der Waals surface area (Å²) in [7, 11) is 0. The van der Waals surface area contributed by atoms with Gasteiger partial charge in [0.25, 0.3) is 0 Å². The molecule has 0 radical (unpaired) electrons. The molecule has 1 spiro atoms. The van der Waals surface area contributed by atoms with Gasteiger partial charge >= 0.3 is 0 Å². The SMILES string of the molecule is C[C@@]12CCC3(S1)C(C(=O)Nc1ccc4ccccc4c1)N(CCCCCCO)C(=O)[C@@H]3[C@@H]2C(=O)Nc1ccccc1. The van der Waals surface area contributed by atoms with Gasteiger partial charge < -0.3 is 20.6 Å². The van der Waals surface area contributed by atoms with E-state index in [1.807, 2.05) is 72.8 Å². The molecule has 3 saturated heterocycles. The van der Waals surface area contributed by atoms with Crippen molar-refractivity contribution in [1.82, 2.24) is 4.90 Å². The molecule has 3 amide bonds. The van der Waals surface area contributed by atoms with Gasteiger partial charge in [-0.25, -0.2) is 0 Å². The van der Waals surface area contributed by atoms with E-state index in [1.54, 1.807) is 16.7 Å². The Morgan fingerprint density at radius 2 is 1.59 bits per heavy atom. The van der Waals surface area contributed by atoms with E-state index in [2.05, 4.69) is 17.6 Å². The Balaban J connectivity index is 1.31. The van der Waals surface area contributed by atoms with E-state index in [0.29, 0.717) is 17.9 Å². The van der Waals surface area contributed by atoms with Crippen LogP contribution in [0.4, 0.5) is 11.4 Å². The Labute approximate surface area is 245 Å². The number of para-hydroxylation sites is 1. The van der Waals surface area contributed by atoms with E-state index >= 15 is 0 Å². The minimum absolute atomic E-state index is 0.0880. The molecule has 0 aromatic heterocycles.